The quantitative estimate of drug-likeness (QED) is 0.202. The third kappa shape index (κ3) is 4.19. The van der Waals surface area contributed by atoms with Gasteiger partial charge in [-0.3, -0.25) is 19.6 Å². The van der Waals surface area contributed by atoms with E-state index in [1.807, 2.05) is 36.4 Å². The predicted octanol–water partition coefficient (Wildman–Crippen LogP) is 7.00. The van der Waals surface area contributed by atoms with Crippen molar-refractivity contribution >= 4 is 11.9 Å². The van der Waals surface area contributed by atoms with Crippen molar-refractivity contribution in [3.63, 3.8) is 0 Å². The van der Waals surface area contributed by atoms with Gasteiger partial charge in [0.2, 0.25) is 0 Å². The summed E-state index contributed by atoms with van der Waals surface area (Å²) in [7, 11) is 0. The van der Waals surface area contributed by atoms with Gasteiger partial charge in [0.25, 0.3) is 0 Å². The van der Waals surface area contributed by atoms with Crippen molar-refractivity contribution in [1.82, 2.24) is 9.97 Å². The molecular formula is C34H32N2O4. The maximum absolute atomic E-state index is 11.8. The number of nitrogens with zero attached hydrogens (tertiary/aromatic N) is 2. The molecule has 2 aromatic heterocycles. The molecule has 0 spiro atoms. The molecule has 2 N–H and O–H groups in total. The number of aromatic nitrogens is 2. The van der Waals surface area contributed by atoms with Crippen LogP contribution in [0.2, 0.25) is 0 Å². The fourth-order valence-electron chi connectivity index (χ4n) is 7.34. The van der Waals surface area contributed by atoms with Crippen molar-refractivity contribution < 1.29 is 19.8 Å². The number of unbranched alkanes of at least 4 members (excludes halogenated alkanes) is 1. The number of hydrogen-bond acceptors (Lipinski definition) is 4. The van der Waals surface area contributed by atoms with Crippen LogP contribution >= 0.6 is 0 Å². The number of carboxylic acids is 2. The van der Waals surface area contributed by atoms with Crippen LogP contribution in [0.15, 0.2) is 85.2 Å². The number of rotatable bonds is 11. The van der Waals surface area contributed by atoms with E-state index in [9.17, 15) is 19.8 Å². The zero-order valence-electron chi connectivity index (χ0n) is 22.3. The molecule has 6 nitrogen and oxygen atoms in total. The summed E-state index contributed by atoms with van der Waals surface area (Å²) in [5.41, 5.74) is 7.78. The minimum absolute atomic E-state index is 0.0810. The Hall–Kier alpha value is -4.32. The molecule has 0 fully saturated rings. The Morgan fingerprint density at radius 3 is 1.38 bits per heavy atom. The molecule has 6 heteroatoms. The second kappa shape index (κ2) is 10.3. The Morgan fingerprint density at radius 2 is 0.950 bits per heavy atom. The number of fused-ring (bicyclic) bond motifs is 6. The van der Waals surface area contributed by atoms with Crippen LogP contribution in [0, 0.1) is 0 Å². The first-order chi connectivity index (χ1) is 19.5. The molecule has 0 bridgehead atoms. The molecule has 2 unspecified atom stereocenters. The van der Waals surface area contributed by atoms with E-state index < -0.39 is 22.8 Å². The fourth-order valence-corrected chi connectivity index (χ4v) is 7.34. The van der Waals surface area contributed by atoms with Crippen LogP contribution in [0.4, 0.5) is 0 Å². The molecule has 2 atom stereocenters. The van der Waals surface area contributed by atoms with Crippen LogP contribution < -0.4 is 0 Å². The van der Waals surface area contributed by atoms with Crippen LogP contribution in [0.5, 0.6) is 0 Å². The highest BCUT2D eigenvalue weighted by atomic mass is 16.4. The van der Waals surface area contributed by atoms with Gasteiger partial charge >= 0.3 is 11.9 Å². The van der Waals surface area contributed by atoms with Crippen molar-refractivity contribution in [1.29, 1.82) is 0 Å². The molecule has 2 aromatic carbocycles. The summed E-state index contributed by atoms with van der Waals surface area (Å²) in [6, 6.07) is 24.6. The minimum Gasteiger partial charge on any atom is -0.481 e. The summed E-state index contributed by atoms with van der Waals surface area (Å²) in [4.78, 5) is 32.9. The molecule has 2 heterocycles. The van der Waals surface area contributed by atoms with Crippen molar-refractivity contribution in [2.75, 3.05) is 0 Å². The van der Waals surface area contributed by atoms with Crippen LogP contribution in [0.3, 0.4) is 0 Å². The van der Waals surface area contributed by atoms with Gasteiger partial charge < -0.3 is 10.2 Å². The SMILES string of the molecule is O=C(O)CCC1(CCCCC2(CCC(=O)O)c3ccccc3-c3ncccc32)c2ccccc2-c2ncccc21. The molecular weight excluding hydrogens is 500 g/mol. The molecule has 2 aliphatic carbocycles. The van der Waals surface area contributed by atoms with Gasteiger partial charge in [-0.05, 0) is 60.1 Å². The molecule has 0 aliphatic heterocycles. The highest BCUT2D eigenvalue weighted by molar-refractivity contribution is 5.80. The Labute approximate surface area is 233 Å². The number of carboxylic acid groups (broad SMARTS) is 2. The standard InChI is InChI=1S/C34H32N2O4/c37-29(38)15-19-33(25-11-3-1-9-23(25)31-27(33)13-7-21-35-31)17-5-6-18-34(20-16-30(39)40)26-12-4-2-10-24(26)32-28(34)14-8-22-36-32/h1-4,7-14,21-22H,5-6,15-20H2,(H,37,38)(H,39,40). The number of pyridine rings is 2. The average molecular weight is 533 g/mol. The van der Waals surface area contributed by atoms with Crippen LogP contribution in [-0.2, 0) is 20.4 Å². The van der Waals surface area contributed by atoms with E-state index in [1.165, 1.54) is 0 Å². The summed E-state index contributed by atoms with van der Waals surface area (Å²) in [6.45, 7) is 0. The maximum Gasteiger partial charge on any atom is 0.303 e. The second-order valence-electron chi connectivity index (χ2n) is 11.0. The largest absolute Gasteiger partial charge is 0.481 e. The van der Waals surface area contributed by atoms with E-state index in [0.29, 0.717) is 12.8 Å². The van der Waals surface area contributed by atoms with Gasteiger partial charge in [0.1, 0.15) is 0 Å². The van der Waals surface area contributed by atoms with E-state index in [4.69, 9.17) is 9.97 Å². The molecule has 4 aromatic rings. The Kier molecular flexibility index (Phi) is 6.70. The van der Waals surface area contributed by atoms with Crippen LogP contribution in [0.25, 0.3) is 22.5 Å². The summed E-state index contributed by atoms with van der Waals surface area (Å²) >= 11 is 0. The van der Waals surface area contributed by atoms with Gasteiger partial charge in [-0.1, -0.05) is 73.5 Å². The lowest BCUT2D eigenvalue weighted by Crippen LogP contribution is -2.28. The minimum atomic E-state index is -0.798. The van der Waals surface area contributed by atoms with E-state index in [2.05, 4.69) is 36.4 Å². The fraction of sp³-hybridized carbons (Fsp3) is 0.294. The Balaban J connectivity index is 1.33. The van der Waals surface area contributed by atoms with E-state index >= 15 is 0 Å². The number of benzene rings is 2. The van der Waals surface area contributed by atoms with Gasteiger partial charge in [-0.2, -0.15) is 0 Å². The van der Waals surface area contributed by atoms with Crippen LogP contribution in [-0.4, -0.2) is 32.1 Å². The monoisotopic (exact) mass is 532 g/mol. The third-order valence-corrected chi connectivity index (χ3v) is 9.03. The molecule has 2 aliphatic rings. The van der Waals surface area contributed by atoms with Crippen molar-refractivity contribution in [2.24, 2.45) is 0 Å². The van der Waals surface area contributed by atoms with Gasteiger partial charge in [0.15, 0.2) is 0 Å². The lowest BCUT2D eigenvalue weighted by atomic mass is 9.69. The number of carbonyl (C=O) groups is 2. The summed E-state index contributed by atoms with van der Waals surface area (Å²) in [6.07, 6.45) is 8.13. The first kappa shape index (κ1) is 25.9. The zero-order chi connectivity index (χ0) is 27.7. The topological polar surface area (TPSA) is 100 Å². The highest BCUT2D eigenvalue weighted by Gasteiger charge is 2.45. The first-order valence-electron chi connectivity index (χ1n) is 14.0. The first-order valence-corrected chi connectivity index (χ1v) is 14.0. The number of hydrogen-bond donors (Lipinski definition) is 2. The van der Waals surface area contributed by atoms with E-state index in [-0.39, 0.29) is 12.8 Å². The highest BCUT2D eigenvalue weighted by Crippen LogP contribution is 2.55. The number of aliphatic carboxylic acids is 2. The molecule has 0 amide bonds. The molecule has 0 radical (unpaired) electrons. The van der Waals surface area contributed by atoms with Crippen molar-refractivity contribution in [3.8, 4) is 22.5 Å². The Morgan fingerprint density at radius 1 is 0.550 bits per heavy atom. The summed E-state index contributed by atoms with van der Waals surface area (Å²) in [5.74, 6) is -1.60. The maximum atomic E-state index is 11.8. The predicted molar refractivity (Wildman–Crippen MR) is 153 cm³/mol. The lowest BCUT2D eigenvalue weighted by Gasteiger charge is -2.34. The zero-order valence-corrected chi connectivity index (χ0v) is 22.3. The smallest absolute Gasteiger partial charge is 0.303 e. The average Bonchev–Trinajstić information content (AvgIpc) is 3.42. The van der Waals surface area contributed by atoms with Gasteiger partial charge in [-0.25, -0.2) is 0 Å². The molecule has 202 valence electrons. The molecule has 0 saturated heterocycles. The molecule has 6 rings (SSSR count). The Bertz CT molecular complexity index is 1380. The van der Waals surface area contributed by atoms with Crippen molar-refractivity contribution in [2.45, 2.75) is 62.2 Å². The third-order valence-electron chi connectivity index (χ3n) is 9.03. The van der Waals surface area contributed by atoms with Gasteiger partial charge in [-0.15, -0.1) is 0 Å². The van der Waals surface area contributed by atoms with Gasteiger partial charge in [0, 0.05) is 47.2 Å². The van der Waals surface area contributed by atoms with E-state index in [0.717, 1.165) is 70.5 Å². The molecule has 0 saturated carbocycles. The van der Waals surface area contributed by atoms with Gasteiger partial charge in [0.05, 0.1) is 11.4 Å². The summed E-state index contributed by atoms with van der Waals surface area (Å²) < 4.78 is 0. The second-order valence-corrected chi connectivity index (χ2v) is 11.0. The molecule has 40 heavy (non-hydrogen) atoms. The lowest BCUT2D eigenvalue weighted by molar-refractivity contribution is -0.138. The summed E-state index contributed by atoms with van der Waals surface area (Å²) in [5, 5.41) is 19.3. The normalized spacial score (nSPS) is 19.9. The van der Waals surface area contributed by atoms with Crippen LogP contribution in [0.1, 0.15) is 73.6 Å². The van der Waals surface area contributed by atoms with Crippen molar-refractivity contribution in [3.05, 3.63) is 107 Å². The van der Waals surface area contributed by atoms with E-state index in [1.54, 1.807) is 12.4 Å².